The second-order valence-electron chi connectivity index (χ2n) is 26.2. The van der Waals surface area contributed by atoms with E-state index in [1.807, 2.05) is 0 Å². The van der Waals surface area contributed by atoms with Crippen molar-refractivity contribution in [1.29, 1.82) is 0 Å². The van der Waals surface area contributed by atoms with Gasteiger partial charge in [-0.25, -0.2) is 0 Å². The van der Waals surface area contributed by atoms with Crippen molar-refractivity contribution in [3.05, 3.63) is 65.0 Å². The molecule has 2 radical (unpaired) electrons. The first-order valence-corrected chi connectivity index (χ1v) is 52.3. The SMILES string of the molecule is CC(C)P(C=C1C=CC=C2[CH](P(=N[Si](C)(C)C)(C(C)C)C(C)C)[GeH][C](c3cccc(CP(=N[Si](C)(C)C)(C(C)C)C(C)C)n3)(P(=N[Si](C)(C)C)(C(C)C)C(C)C)[GeH][N]12)(=N[Si](C)(C)C)C(C)C. The Hall–Kier alpha value is 1.04. The molecule has 16 heteroatoms. The summed E-state index contributed by atoms with van der Waals surface area (Å²) in [5.74, 6) is 2.82. The van der Waals surface area contributed by atoms with Gasteiger partial charge in [0.25, 0.3) is 0 Å². The average molecular weight is 1170 g/mol. The monoisotopic (exact) mass is 1170 g/mol. The van der Waals surface area contributed by atoms with E-state index in [0.29, 0.717) is 49.8 Å². The van der Waals surface area contributed by atoms with Crippen LogP contribution < -0.4 is 0 Å². The number of nitrogens with zero attached hydrogens (tertiary/aromatic N) is 6. The first-order chi connectivity index (χ1) is 29.7. The van der Waals surface area contributed by atoms with Gasteiger partial charge in [0, 0.05) is 0 Å². The molecule has 0 spiro atoms. The van der Waals surface area contributed by atoms with Crippen LogP contribution >= 0.6 is 28.2 Å². The molecule has 1 saturated heterocycles. The van der Waals surface area contributed by atoms with Crippen LogP contribution in [0.3, 0.4) is 0 Å². The van der Waals surface area contributed by atoms with Crippen LogP contribution in [0.15, 0.2) is 71.3 Å². The number of rotatable bonds is 18. The summed E-state index contributed by atoms with van der Waals surface area (Å²) in [7, 11) is -15.2. The normalized spacial score (nSPS) is 20.5. The molecule has 378 valence electrons. The molecular weight excluding hydrogens is 1070 g/mol. The Kier molecular flexibility index (Phi) is 20.7. The van der Waals surface area contributed by atoms with Gasteiger partial charge in [0.1, 0.15) is 0 Å². The van der Waals surface area contributed by atoms with Crippen LogP contribution in [0.5, 0.6) is 0 Å². The molecule has 3 rings (SSSR count). The Bertz CT molecular complexity index is 2150. The summed E-state index contributed by atoms with van der Waals surface area (Å²) < 4.78 is 28.7. The summed E-state index contributed by atoms with van der Waals surface area (Å²) in [5, 5.41) is 0. The second kappa shape index (κ2) is 22.3. The van der Waals surface area contributed by atoms with Gasteiger partial charge < -0.3 is 0 Å². The van der Waals surface area contributed by atoms with E-state index in [1.165, 1.54) is 17.1 Å². The molecule has 0 bridgehead atoms. The topological polar surface area (TPSA) is 65.6 Å². The number of hydrogen-bond donors (Lipinski definition) is 0. The summed E-state index contributed by atoms with van der Waals surface area (Å²) in [6, 6.07) is 7.43. The average Bonchev–Trinajstić information content (AvgIpc) is 3.12. The Morgan fingerprint density at radius 2 is 1.08 bits per heavy atom. The predicted molar refractivity (Wildman–Crippen MR) is 327 cm³/mol. The van der Waals surface area contributed by atoms with E-state index in [2.05, 4.69) is 235 Å². The number of allylic oxidation sites excluding steroid dienone is 4. The van der Waals surface area contributed by atoms with Gasteiger partial charge in [-0.15, -0.1) is 0 Å². The Morgan fingerprint density at radius 1 is 0.606 bits per heavy atom. The Labute approximate surface area is 428 Å². The Balaban J connectivity index is 2.91. The third-order valence-corrected chi connectivity index (χ3v) is 66.7. The number of pyridine rings is 1. The molecule has 6 nitrogen and oxygen atoms in total. The molecule has 2 unspecified atom stereocenters. The maximum absolute atomic E-state index is 6.63. The van der Waals surface area contributed by atoms with Crippen molar-refractivity contribution in [2.45, 2.75) is 248 Å². The van der Waals surface area contributed by atoms with E-state index < -0.39 is 92.2 Å². The van der Waals surface area contributed by atoms with Crippen LogP contribution in [0.4, 0.5) is 0 Å². The molecule has 0 saturated carbocycles. The molecule has 2 aliphatic heterocycles. The molecule has 1 aromatic rings. The standard InChI is InChI=1S/C50H104Ge2N6P4Si4/c1-37(2)59(38(3)4,54-63(17,18)19)35-45-31-29-34-48(53-45)50(62(43(13)14,44(15)16)57-66(26,27)28)51-49(61(41(9)10,42(11)12)56-65(23,24)25)47-33-30-32-46(58(47)52-50)36-60(39(5)6,40(7)8)55-64(20,21)22/h29-34,36-44,49,51-52H,35H2,1-28H3. The van der Waals surface area contributed by atoms with Crippen LogP contribution in [0.1, 0.15) is 122 Å². The molecule has 0 amide bonds. The molecule has 2 aliphatic rings. The zero-order chi connectivity index (χ0) is 51.2. The molecule has 0 N–H and O–H groups in total. The van der Waals surface area contributed by atoms with Crippen molar-refractivity contribution in [3.63, 3.8) is 0 Å². The van der Waals surface area contributed by atoms with Crippen LogP contribution in [-0.2, 0) is 8.98 Å². The number of aromatic nitrogens is 1. The van der Waals surface area contributed by atoms with Gasteiger partial charge in [-0.3, -0.25) is 0 Å². The molecule has 0 aliphatic carbocycles. The fourth-order valence-electron chi connectivity index (χ4n) is 11.5. The minimum absolute atomic E-state index is 0.00569. The molecule has 2 atom stereocenters. The van der Waals surface area contributed by atoms with Crippen molar-refractivity contribution in [2.75, 3.05) is 0 Å². The van der Waals surface area contributed by atoms with Gasteiger partial charge in [0.2, 0.25) is 0 Å². The van der Waals surface area contributed by atoms with Crippen molar-refractivity contribution >= 4 is 92.2 Å². The maximum atomic E-state index is 6.63. The molecule has 1 fully saturated rings. The van der Waals surface area contributed by atoms with Gasteiger partial charge in [-0.1, -0.05) is 0 Å². The van der Waals surface area contributed by atoms with E-state index >= 15 is 0 Å². The number of fused-ring (bicyclic) bond motifs is 1. The van der Waals surface area contributed by atoms with E-state index in [-0.39, 0.29) is 2.82 Å². The van der Waals surface area contributed by atoms with Crippen molar-refractivity contribution in [1.82, 2.24) is 8.84 Å². The van der Waals surface area contributed by atoms with Crippen LogP contribution in [0.2, 0.25) is 78.6 Å². The summed E-state index contributed by atoms with van der Waals surface area (Å²) in [4.78, 5) is 6.28. The van der Waals surface area contributed by atoms with E-state index in [9.17, 15) is 0 Å². The first-order valence-electron chi connectivity index (χ1n) is 25.8. The van der Waals surface area contributed by atoms with Crippen molar-refractivity contribution in [2.24, 2.45) is 17.6 Å². The van der Waals surface area contributed by atoms with Gasteiger partial charge in [-0.2, -0.15) is 0 Å². The summed E-state index contributed by atoms with van der Waals surface area (Å²) in [6.07, 6.45) is 8.61. The van der Waals surface area contributed by atoms with Crippen molar-refractivity contribution < 1.29 is 0 Å². The fraction of sp³-hybridized carbons (Fsp3) is 0.780. The minimum atomic E-state index is -2.15. The quantitative estimate of drug-likeness (QED) is 0.109. The fourth-order valence-corrected chi connectivity index (χ4v) is 85.7. The molecule has 1 aromatic heterocycles. The first kappa shape index (κ1) is 61.3. The zero-order valence-electron chi connectivity index (χ0n) is 48.1. The predicted octanol–water partition coefficient (Wildman–Crippen LogP) is 17.8. The van der Waals surface area contributed by atoms with E-state index in [4.69, 9.17) is 22.6 Å². The van der Waals surface area contributed by atoms with Crippen LogP contribution in [0.25, 0.3) is 0 Å². The third-order valence-electron chi connectivity index (χ3n) is 13.7. The molecule has 66 heavy (non-hydrogen) atoms. The second-order valence-corrected chi connectivity index (χ2v) is 77.0. The molecule has 3 heterocycles. The summed E-state index contributed by atoms with van der Waals surface area (Å²) in [5.41, 5.74) is 9.75. The molecule has 0 aromatic carbocycles. The van der Waals surface area contributed by atoms with Gasteiger partial charge >= 0.3 is 432 Å². The van der Waals surface area contributed by atoms with Crippen LogP contribution in [0, 0.1) is 0 Å². The summed E-state index contributed by atoms with van der Waals surface area (Å²) in [6.45, 7) is 70.5. The van der Waals surface area contributed by atoms with E-state index in [0.717, 1.165) is 6.16 Å². The van der Waals surface area contributed by atoms with E-state index in [1.54, 1.807) is 5.70 Å². The molecular formula is C50H104Ge2N6P4Si4. The van der Waals surface area contributed by atoms with Crippen LogP contribution in [-0.4, -0.2) is 123 Å². The summed E-state index contributed by atoms with van der Waals surface area (Å²) >= 11 is -2.69. The van der Waals surface area contributed by atoms with Gasteiger partial charge in [0.15, 0.2) is 0 Å². The number of hydrogen-bond acceptors (Lipinski definition) is 6. The van der Waals surface area contributed by atoms with Crippen molar-refractivity contribution in [3.8, 4) is 0 Å². The van der Waals surface area contributed by atoms with Gasteiger partial charge in [0.05, 0.1) is 0 Å². The zero-order valence-corrected chi connectivity index (χ0v) is 60.5. The third kappa shape index (κ3) is 13.2. The Morgan fingerprint density at radius 3 is 1.47 bits per heavy atom. The van der Waals surface area contributed by atoms with Gasteiger partial charge in [-0.05, 0) is 0 Å².